The standard InChI is InChI=1S/C11H13ClN6/c1-7-4-8(5-7)14-10-15-9(12)16-11(17-10)18-3-2-13-6-18/h2-3,6-8H,4-5H2,1H3,(H,14,15,16,17). The minimum absolute atomic E-state index is 0.184. The van der Waals surface area contributed by atoms with E-state index in [1.807, 2.05) is 0 Å². The second-order valence-electron chi connectivity index (χ2n) is 4.62. The quantitative estimate of drug-likeness (QED) is 0.917. The highest BCUT2D eigenvalue weighted by Crippen LogP contribution is 2.28. The minimum atomic E-state index is 0.184. The number of halogens is 1. The molecule has 1 saturated carbocycles. The molecule has 7 heteroatoms. The molecule has 6 nitrogen and oxygen atoms in total. The molecule has 1 fully saturated rings. The number of anilines is 1. The predicted octanol–water partition coefficient (Wildman–Crippen LogP) is 1.92. The molecule has 2 heterocycles. The molecule has 1 N–H and O–H groups in total. The van der Waals surface area contributed by atoms with Crippen LogP contribution < -0.4 is 5.32 Å². The van der Waals surface area contributed by atoms with Gasteiger partial charge in [-0.15, -0.1) is 0 Å². The van der Waals surface area contributed by atoms with Gasteiger partial charge >= 0.3 is 0 Å². The molecular formula is C11H13ClN6. The summed E-state index contributed by atoms with van der Waals surface area (Å²) in [5, 5.41) is 3.46. The highest BCUT2D eigenvalue weighted by Gasteiger charge is 2.26. The molecule has 0 amide bonds. The molecule has 0 radical (unpaired) electrons. The third-order valence-corrected chi connectivity index (χ3v) is 3.21. The number of aromatic nitrogens is 5. The Kier molecular flexibility index (Phi) is 2.87. The predicted molar refractivity (Wildman–Crippen MR) is 67.8 cm³/mol. The van der Waals surface area contributed by atoms with Gasteiger partial charge in [0.05, 0.1) is 0 Å². The summed E-state index contributed by atoms with van der Waals surface area (Å²) in [4.78, 5) is 16.4. The van der Waals surface area contributed by atoms with Crippen LogP contribution in [-0.2, 0) is 0 Å². The fourth-order valence-corrected chi connectivity index (χ4v) is 2.26. The molecule has 0 unspecified atom stereocenters. The number of hydrogen-bond acceptors (Lipinski definition) is 5. The van der Waals surface area contributed by atoms with Gasteiger partial charge in [0.15, 0.2) is 0 Å². The van der Waals surface area contributed by atoms with Crippen LogP contribution >= 0.6 is 11.6 Å². The van der Waals surface area contributed by atoms with Crippen molar-refractivity contribution in [2.24, 2.45) is 5.92 Å². The van der Waals surface area contributed by atoms with E-state index in [0.717, 1.165) is 18.8 Å². The molecule has 0 bridgehead atoms. The van der Waals surface area contributed by atoms with E-state index >= 15 is 0 Å². The maximum atomic E-state index is 5.90. The Bertz CT molecular complexity index is 534. The van der Waals surface area contributed by atoms with Crippen LogP contribution in [0.2, 0.25) is 5.28 Å². The molecule has 0 saturated heterocycles. The van der Waals surface area contributed by atoms with Gasteiger partial charge in [-0.25, -0.2) is 4.98 Å². The van der Waals surface area contributed by atoms with Crippen LogP contribution in [-0.4, -0.2) is 30.5 Å². The van der Waals surface area contributed by atoms with Gasteiger partial charge in [-0.2, -0.15) is 15.0 Å². The van der Waals surface area contributed by atoms with Crippen LogP contribution in [0.15, 0.2) is 18.7 Å². The van der Waals surface area contributed by atoms with Gasteiger partial charge in [-0.3, -0.25) is 4.57 Å². The van der Waals surface area contributed by atoms with E-state index in [1.54, 1.807) is 23.3 Å². The van der Waals surface area contributed by atoms with Gasteiger partial charge in [-0.05, 0) is 30.4 Å². The second kappa shape index (κ2) is 4.53. The summed E-state index contributed by atoms with van der Waals surface area (Å²) in [5.74, 6) is 1.77. The lowest BCUT2D eigenvalue weighted by atomic mass is 9.82. The number of rotatable bonds is 3. The molecule has 0 aliphatic heterocycles. The maximum Gasteiger partial charge on any atom is 0.241 e. The van der Waals surface area contributed by atoms with Crippen molar-refractivity contribution in [3.05, 3.63) is 24.0 Å². The molecule has 0 atom stereocenters. The average Bonchev–Trinajstić information content (AvgIpc) is 2.79. The Morgan fingerprint density at radius 3 is 2.83 bits per heavy atom. The highest BCUT2D eigenvalue weighted by atomic mass is 35.5. The van der Waals surface area contributed by atoms with Crippen LogP contribution in [0.3, 0.4) is 0 Å². The first-order valence-corrected chi connectivity index (χ1v) is 6.25. The SMILES string of the molecule is CC1CC(Nc2nc(Cl)nc(-n3ccnc3)n2)C1. The van der Waals surface area contributed by atoms with E-state index in [-0.39, 0.29) is 5.28 Å². The third-order valence-electron chi connectivity index (χ3n) is 3.04. The molecule has 0 spiro atoms. The van der Waals surface area contributed by atoms with Gasteiger partial charge in [0, 0.05) is 18.4 Å². The summed E-state index contributed by atoms with van der Waals surface area (Å²) in [6.07, 6.45) is 7.34. The zero-order chi connectivity index (χ0) is 12.5. The van der Waals surface area contributed by atoms with Gasteiger partial charge < -0.3 is 5.32 Å². The summed E-state index contributed by atoms with van der Waals surface area (Å²) in [6, 6.07) is 0.439. The summed E-state index contributed by atoms with van der Waals surface area (Å²) in [5.41, 5.74) is 0. The molecule has 18 heavy (non-hydrogen) atoms. The van der Waals surface area contributed by atoms with Gasteiger partial charge in [-0.1, -0.05) is 6.92 Å². The van der Waals surface area contributed by atoms with Crippen LogP contribution in [0.5, 0.6) is 0 Å². The molecule has 1 aliphatic carbocycles. The molecule has 0 aromatic carbocycles. The molecule has 2 aromatic rings. The lowest BCUT2D eigenvalue weighted by Gasteiger charge is -2.33. The van der Waals surface area contributed by atoms with Gasteiger partial charge in [0.25, 0.3) is 0 Å². The van der Waals surface area contributed by atoms with E-state index in [9.17, 15) is 0 Å². The van der Waals surface area contributed by atoms with Crippen LogP contribution in [0.4, 0.5) is 5.95 Å². The largest absolute Gasteiger partial charge is 0.351 e. The number of hydrogen-bond donors (Lipinski definition) is 1. The molecule has 3 rings (SSSR count). The summed E-state index contributed by atoms with van der Waals surface area (Å²) >= 11 is 5.90. The van der Waals surface area contributed by atoms with E-state index in [2.05, 4.69) is 32.2 Å². The van der Waals surface area contributed by atoms with Crippen molar-refractivity contribution >= 4 is 17.5 Å². The Balaban J connectivity index is 1.82. The van der Waals surface area contributed by atoms with E-state index in [4.69, 9.17) is 11.6 Å². The fraction of sp³-hybridized carbons (Fsp3) is 0.455. The van der Waals surface area contributed by atoms with Crippen molar-refractivity contribution < 1.29 is 0 Å². The van der Waals surface area contributed by atoms with Crippen molar-refractivity contribution in [1.29, 1.82) is 0 Å². The molecule has 2 aromatic heterocycles. The van der Waals surface area contributed by atoms with Gasteiger partial charge in [0.2, 0.25) is 17.2 Å². The number of imidazole rings is 1. The van der Waals surface area contributed by atoms with Crippen molar-refractivity contribution in [3.8, 4) is 5.95 Å². The Labute approximate surface area is 109 Å². The van der Waals surface area contributed by atoms with Crippen molar-refractivity contribution in [1.82, 2.24) is 24.5 Å². The summed E-state index contributed by atoms with van der Waals surface area (Å²) in [7, 11) is 0. The molecule has 1 aliphatic rings. The van der Waals surface area contributed by atoms with Gasteiger partial charge in [0.1, 0.15) is 6.33 Å². The summed E-state index contributed by atoms with van der Waals surface area (Å²) in [6.45, 7) is 2.23. The topological polar surface area (TPSA) is 68.5 Å². The molecular weight excluding hydrogens is 252 g/mol. The van der Waals surface area contributed by atoms with Crippen molar-refractivity contribution in [2.75, 3.05) is 5.32 Å². The van der Waals surface area contributed by atoms with E-state index in [0.29, 0.717) is 17.9 Å². The zero-order valence-corrected chi connectivity index (χ0v) is 10.7. The number of nitrogens with zero attached hydrogens (tertiary/aromatic N) is 5. The average molecular weight is 265 g/mol. The Morgan fingerprint density at radius 1 is 1.33 bits per heavy atom. The third kappa shape index (κ3) is 2.28. The highest BCUT2D eigenvalue weighted by molar-refractivity contribution is 6.28. The first-order chi connectivity index (χ1) is 8.70. The number of nitrogens with one attached hydrogen (secondary N) is 1. The molecule has 94 valence electrons. The normalized spacial score (nSPS) is 22.6. The van der Waals surface area contributed by atoms with Crippen LogP contribution in [0.25, 0.3) is 5.95 Å². The Morgan fingerprint density at radius 2 is 2.17 bits per heavy atom. The second-order valence-corrected chi connectivity index (χ2v) is 4.95. The summed E-state index contributed by atoms with van der Waals surface area (Å²) < 4.78 is 1.70. The van der Waals surface area contributed by atoms with Crippen LogP contribution in [0, 0.1) is 5.92 Å². The van der Waals surface area contributed by atoms with Crippen LogP contribution in [0.1, 0.15) is 19.8 Å². The monoisotopic (exact) mass is 264 g/mol. The van der Waals surface area contributed by atoms with Crippen molar-refractivity contribution in [3.63, 3.8) is 0 Å². The fourth-order valence-electron chi connectivity index (χ4n) is 2.10. The smallest absolute Gasteiger partial charge is 0.241 e. The minimum Gasteiger partial charge on any atom is -0.351 e. The Hall–Kier alpha value is -1.69. The first-order valence-electron chi connectivity index (χ1n) is 5.87. The first kappa shape index (κ1) is 11.4. The van der Waals surface area contributed by atoms with E-state index < -0.39 is 0 Å². The lowest BCUT2D eigenvalue weighted by molar-refractivity contribution is 0.308. The van der Waals surface area contributed by atoms with E-state index in [1.165, 1.54) is 0 Å². The lowest BCUT2D eigenvalue weighted by Crippen LogP contribution is -2.34. The van der Waals surface area contributed by atoms with Crippen molar-refractivity contribution in [2.45, 2.75) is 25.8 Å². The maximum absolute atomic E-state index is 5.90. The zero-order valence-electron chi connectivity index (χ0n) is 9.91.